The first kappa shape index (κ1) is 21.0. The van der Waals surface area contributed by atoms with E-state index in [0.29, 0.717) is 13.2 Å². The van der Waals surface area contributed by atoms with E-state index in [-0.39, 0.29) is 0 Å². The fourth-order valence-electron chi connectivity index (χ4n) is 3.72. The van der Waals surface area contributed by atoms with Crippen molar-refractivity contribution in [3.8, 4) is 11.3 Å². The van der Waals surface area contributed by atoms with Gasteiger partial charge in [-0.05, 0) is 37.3 Å². The summed E-state index contributed by atoms with van der Waals surface area (Å²) in [6, 6.07) is 6.13. The largest absolute Gasteiger partial charge is 0.450 e. The predicted molar refractivity (Wildman–Crippen MR) is 118 cm³/mol. The summed E-state index contributed by atoms with van der Waals surface area (Å²) in [6.07, 6.45) is 11.8. The molecule has 4 rings (SSSR count). The first-order valence-electron chi connectivity index (χ1n) is 10.7. The minimum atomic E-state index is -0.711. The van der Waals surface area contributed by atoms with E-state index in [9.17, 15) is 4.79 Å². The van der Waals surface area contributed by atoms with Crippen molar-refractivity contribution in [1.82, 2.24) is 19.7 Å². The highest BCUT2D eigenvalue weighted by Crippen LogP contribution is 2.28. The minimum absolute atomic E-state index is 0.383. The van der Waals surface area contributed by atoms with Crippen LogP contribution in [0.3, 0.4) is 0 Å². The lowest BCUT2D eigenvalue weighted by Gasteiger charge is -2.15. The van der Waals surface area contributed by atoms with Gasteiger partial charge in [-0.1, -0.05) is 24.6 Å². The first-order chi connectivity index (χ1) is 15.2. The Morgan fingerprint density at radius 1 is 1.19 bits per heavy atom. The standard InChI is InChI=1S/C23H27N5O3/c24-23(29)31-11-4-2-1-3-10-28-16-18(14-26-28)21-15-25-20-7-5-6-19(22(20)27-21)17-8-12-30-13-9-17/h5-8,14-16H,1-4,9-13H2,(H2,24,29). The number of para-hydroxylation sites is 1. The number of nitrogens with two attached hydrogens (primary N) is 1. The molecular weight excluding hydrogens is 394 g/mol. The number of aryl methyl sites for hydroxylation is 1. The average Bonchev–Trinajstić information content (AvgIpc) is 3.27. The van der Waals surface area contributed by atoms with Gasteiger partial charge >= 0.3 is 6.09 Å². The van der Waals surface area contributed by atoms with Gasteiger partial charge < -0.3 is 15.2 Å². The summed E-state index contributed by atoms with van der Waals surface area (Å²) in [5.74, 6) is 0. The van der Waals surface area contributed by atoms with Gasteiger partial charge in [0.05, 0.1) is 48.9 Å². The Labute approximate surface area is 181 Å². The number of benzene rings is 1. The highest BCUT2D eigenvalue weighted by molar-refractivity contribution is 5.90. The summed E-state index contributed by atoms with van der Waals surface area (Å²) in [6.45, 7) is 2.59. The van der Waals surface area contributed by atoms with E-state index in [0.717, 1.165) is 73.1 Å². The Morgan fingerprint density at radius 2 is 2.10 bits per heavy atom. The summed E-state index contributed by atoms with van der Waals surface area (Å²) in [5, 5.41) is 4.48. The van der Waals surface area contributed by atoms with Crippen molar-refractivity contribution in [3.05, 3.63) is 48.4 Å². The van der Waals surface area contributed by atoms with Crippen LogP contribution in [0, 0.1) is 0 Å². The van der Waals surface area contributed by atoms with Crippen molar-refractivity contribution in [3.63, 3.8) is 0 Å². The van der Waals surface area contributed by atoms with Crippen LogP contribution in [0.25, 0.3) is 27.9 Å². The molecule has 0 unspecified atom stereocenters. The quantitative estimate of drug-likeness (QED) is 0.525. The van der Waals surface area contributed by atoms with Gasteiger partial charge in [-0.25, -0.2) is 9.78 Å². The second kappa shape index (κ2) is 10.2. The van der Waals surface area contributed by atoms with Crippen molar-refractivity contribution >= 4 is 22.7 Å². The van der Waals surface area contributed by atoms with Crippen molar-refractivity contribution in [1.29, 1.82) is 0 Å². The molecule has 8 heteroatoms. The normalized spacial score (nSPS) is 13.9. The Balaban J connectivity index is 1.41. The molecule has 0 aliphatic carbocycles. The third-order valence-electron chi connectivity index (χ3n) is 5.34. The van der Waals surface area contributed by atoms with Crippen molar-refractivity contribution < 1.29 is 14.3 Å². The summed E-state index contributed by atoms with van der Waals surface area (Å²) >= 11 is 0. The van der Waals surface area contributed by atoms with Gasteiger partial charge in [-0.2, -0.15) is 5.10 Å². The SMILES string of the molecule is NC(=O)OCCCCCCn1cc(-c2cnc3cccc(C4=CCOCC4)c3n2)cn1. The summed E-state index contributed by atoms with van der Waals surface area (Å²) in [5.41, 5.74) is 10.9. The molecule has 3 aromatic rings. The topological polar surface area (TPSA) is 105 Å². The molecule has 0 saturated heterocycles. The molecule has 8 nitrogen and oxygen atoms in total. The number of carbonyl (C=O) groups is 1. The lowest BCUT2D eigenvalue weighted by atomic mass is 10.00. The molecule has 0 spiro atoms. The van der Waals surface area contributed by atoms with Crippen LogP contribution in [0.5, 0.6) is 0 Å². The zero-order valence-electron chi connectivity index (χ0n) is 17.5. The van der Waals surface area contributed by atoms with Gasteiger partial charge in [-0.15, -0.1) is 0 Å². The van der Waals surface area contributed by atoms with Gasteiger partial charge in [0, 0.05) is 23.9 Å². The highest BCUT2D eigenvalue weighted by Gasteiger charge is 2.13. The van der Waals surface area contributed by atoms with Crippen LogP contribution in [0.15, 0.2) is 42.9 Å². The summed E-state index contributed by atoms with van der Waals surface area (Å²) < 4.78 is 12.1. The molecule has 162 valence electrons. The Kier molecular flexibility index (Phi) is 6.89. The number of aromatic nitrogens is 4. The molecule has 2 aromatic heterocycles. The number of primary amides is 1. The second-order valence-corrected chi connectivity index (χ2v) is 7.56. The van der Waals surface area contributed by atoms with E-state index in [4.69, 9.17) is 20.2 Å². The number of nitrogens with zero attached hydrogens (tertiary/aromatic N) is 4. The smallest absolute Gasteiger partial charge is 0.404 e. The fraction of sp³-hybridized carbons (Fsp3) is 0.391. The number of carbonyl (C=O) groups excluding carboxylic acids is 1. The number of hydrogen-bond acceptors (Lipinski definition) is 6. The predicted octanol–water partition coefficient (Wildman–Crippen LogP) is 3.95. The molecule has 0 bridgehead atoms. The van der Waals surface area contributed by atoms with Gasteiger partial charge in [-0.3, -0.25) is 9.67 Å². The molecule has 0 fully saturated rings. The molecule has 0 atom stereocenters. The van der Waals surface area contributed by atoms with E-state index >= 15 is 0 Å². The maximum atomic E-state index is 10.5. The van der Waals surface area contributed by atoms with Crippen molar-refractivity contribution in [2.24, 2.45) is 5.73 Å². The zero-order chi connectivity index (χ0) is 21.5. The third kappa shape index (κ3) is 5.46. The molecule has 2 N–H and O–H groups in total. The molecule has 1 amide bonds. The zero-order valence-corrected chi connectivity index (χ0v) is 17.5. The molecule has 31 heavy (non-hydrogen) atoms. The van der Waals surface area contributed by atoms with Gasteiger partial charge in [0.2, 0.25) is 0 Å². The van der Waals surface area contributed by atoms with E-state index in [1.807, 2.05) is 35.4 Å². The lowest BCUT2D eigenvalue weighted by molar-refractivity contribution is 0.154. The van der Waals surface area contributed by atoms with E-state index in [2.05, 4.69) is 22.2 Å². The van der Waals surface area contributed by atoms with Gasteiger partial charge in [0.15, 0.2) is 0 Å². The number of hydrogen-bond donors (Lipinski definition) is 1. The average molecular weight is 422 g/mol. The fourth-order valence-corrected chi connectivity index (χ4v) is 3.72. The van der Waals surface area contributed by atoms with Gasteiger partial charge in [0.25, 0.3) is 0 Å². The van der Waals surface area contributed by atoms with Crippen LogP contribution in [0.4, 0.5) is 4.79 Å². The first-order valence-corrected chi connectivity index (χ1v) is 10.7. The molecule has 1 aromatic carbocycles. The van der Waals surface area contributed by atoms with Crippen LogP contribution < -0.4 is 5.73 Å². The Bertz CT molecular complexity index is 1080. The molecule has 1 aliphatic heterocycles. The van der Waals surface area contributed by atoms with Crippen LogP contribution >= 0.6 is 0 Å². The monoisotopic (exact) mass is 421 g/mol. The molecule has 0 radical (unpaired) electrons. The van der Waals surface area contributed by atoms with Crippen LogP contribution in [0.1, 0.15) is 37.7 Å². The van der Waals surface area contributed by atoms with E-state index in [1.165, 1.54) is 5.57 Å². The summed E-state index contributed by atoms with van der Waals surface area (Å²) in [7, 11) is 0. The maximum absolute atomic E-state index is 10.5. The number of amides is 1. The summed E-state index contributed by atoms with van der Waals surface area (Å²) in [4.78, 5) is 20.1. The molecule has 1 aliphatic rings. The molecule has 0 saturated carbocycles. The van der Waals surface area contributed by atoms with Crippen LogP contribution in [-0.4, -0.2) is 45.7 Å². The maximum Gasteiger partial charge on any atom is 0.404 e. The van der Waals surface area contributed by atoms with E-state index < -0.39 is 6.09 Å². The van der Waals surface area contributed by atoms with Crippen molar-refractivity contribution in [2.75, 3.05) is 19.8 Å². The molecular formula is C23H27N5O3. The van der Waals surface area contributed by atoms with Gasteiger partial charge in [0.1, 0.15) is 0 Å². The van der Waals surface area contributed by atoms with Crippen molar-refractivity contribution in [2.45, 2.75) is 38.6 Å². The second-order valence-electron chi connectivity index (χ2n) is 7.56. The number of ether oxygens (including phenoxy) is 2. The van der Waals surface area contributed by atoms with Crippen LogP contribution in [-0.2, 0) is 16.0 Å². The lowest BCUT2D eigenvalue weighted by Crippen LogP contribution is -2.13. The highest BCUT2D eigenvalue weighted by atomic mass is 16.5. The number of unbranched alkanes of at least 4 members (excludes halogenated alkanes) is 3. The minimum Gasteiger partial charge on any atom is -0.450 e. The number of rotatable bonds is 9. The Hall–Kier alpha value is -3.26. The molecule has 3 heterocycles. The number of fused-ring (bicyclic) bond motifs is 1. The van der Waals surface area contributed by atoms with E-state index in [1.54, 1.807) is 0 Å². The van der Waals surface area contributed by atoms with Crippen LogP contribution in [0.2, 0.25) is 0 Å². The Morgan fingerprint density at radius 3 is 2.94 bits per heavy atom. The third-order valence-corrected chi connectivity index (χ3v) is 5.34.